The van der Waals surface area contributed by atoms with Crippen LogP contribution in [0.3, 0.4) is 0 Å². The summed E-state index contributed by atoms with van der Waals surface area (Å²) in [6.45, 7) is 9.35. The molecule has 3 aliphatic rings. The summed E-state index contributed by atoms with van der Waals surface area (Å²) in [5, 5.41) is 0. The Labute approximate surface area is 156 Å². The summed E-state index contributed by atoms with van der Waals surface area (Å²) < 4.78 is 2.10. The molecule has 1 aromatic rings. The molecular weight excluding hydrogens is 328 g/mol. The number of piperidine rings is 1. The van der Waals surface area contributed by atoms with Crippen molar-refractivity contribution in [3.05, 3.63) is 24.0 Å². The Hall–Kier alpha value is -1.82. The van der Waals surface area contributed by atoms with Crippen LogP contribution in [0.2, 0.25) is 0 Å². The molecule has 3 fully saturated rings. The van der Waals surface area contributed by atoms with Gasteiger partial charge >= 0.3 is 0 Å². The van der Waals surface area contributed by atoms with Crippen molar-refractivity contribution in [1.82, 2.24) is 19.3 Å². The second-order valence-corrected chi connectivity index (χ2v) is 9.02. The maximum atomic E-state index is 13.1. The van der Waals surface area contributed by atoms with Crippen molar-refractivity contribution in [2.75, 3.05) is 40.3 Å². The van der Waals surface area contributed by atoms with E-state index in [9.17, 15) is 9.59 Å². The lowest BCUT2D eigenvalue weighted by molar-refractivity contribution is -0.129. The van der Waals surface area contributed by atoms with Crippen molar-refractivity contribution in [3.63, 3.8) is 0 Å². The van der Waals surface area contributed by atoms with Gasteiger partial charge in [0.1, 0.15) is 0 Å². The molecule has 0 aromatic carbocycles. The van der Waals surface area contributed by atoms with Crippen molar-refractivity contribution in [1.29, 1.82) is 0 Å². The predicted octanol–water partition coefficient (Wildman–Crippen LogP) is 1.87. The van der Waals surface area contributed by atoms with Crippen LogP contribution in [0.25, 0.3) is 0 Å². The molecular formula is C20H32N4O2. The minimum Gasteiger partial charge on any atom is -0.348 e. The highest BCUT2D eigenvalue weighted by Crippen LogP contribution is 2.29. The third-order valence-corrected chi connectivity index (χ3v) is 5.62. The average molecular weight is 361 g/mol. The molecule has 6 nitrogen and oxygen atoms in total. The Morgan fingerprint density at radius 3 is 2.50 bits per heavy atom. The van der Waals surface area contributed by atoms with Crippen molar-refractivity contribution in [3.8, 4) is 0 Å². The number of amides is 2. The number of aromatic nitrogens is 1. The molecule has 0 saturated carbocycles. The van der Waals surface area contributed by atoms with Crippen molar-refractivity contribution < 1.29 is 9.59 Å². The molecule has 3 aliphatic heterocycles. The van der Waals surface area contributed by atoms with Gasteiger partial charge in [-0.2, -0.15) is 0 Å². The summed E-state index contributed by atoms with van der Waals surface area (Å²) in [4.78, 5) is 31.2. The van der Waals surface area contributed by atoms with Crippen LogP contribution in [0.5, 0.6) is 0 Å². The van der Waals surface area contributed by atoms with Gasteiger partial charge in [0.05, 0.1) is 12.1 Å². The number of fused-ring (bicyclic) bond motifs is 4. The maximum Gasteiger partial charge on any atom is 0.255 e. The lowest BCUT2D eigenvalue weighted by Crippen LogP contribution is -2.47. The molecule has 0 N–H and O–H groups in total. The molecule has 0 radical (unpaired) electrons. The number of hydrogen-bond acceptors (Lipinski definition) is 3. The zero-order valence-electron chi connectivity index (χ0n) is 16.7. The van der Waals surface area contributed by atoms with Crippen LogP contribution in [0, 0.1) is 5.92 Å². The van der Waals surface area contributed by atoms with Crippen LogP contribution >= 0.6 is 0 Å². The number of hydrogen-bond donors (Lipinski definition) is 0. The largest absolute Gasteiger partial charge is 0.348 e. The van der Waals surface area contributed by atoms with E-state index in [1.54, 1.807) is 19.0 Å². The Morgan fingerprint density at radius 2 is 1.88 bits per heavy atom. The third kappa shape index (κ3) is 3.95. The van der Waals surface area contributed by atoms with E-state index in [2.05, 4.69) is 35.1 Å². The molecule has 0 aliphatic carbocycles. The van der Waals surface area contributed by atoms with Crippen molar-refractivity contribution in [2.45, 2.75) is 45.2 Å². The summed E-state index contributed by atoms with van der Waals surface area (Å²) in [5.41, 5.74) is 0.739. The quantitative estimate of drug-likeness (QED) is 0.827. The Bertz CT molecular complexity index is 674. The molecule has 3 saturated heterocycles. The lowest BCUT2D eigenvalue weighted by atomic mass is 9.94. The van der Waals surface area contributed by atoms with Gasteiger partial charge in [-0.15, -0.1) is 0 Å². The molecule has 4 heterocycles. The maximum absolute atomic E-state index is 13.1. The highest BCUT2D eigenvalue weighted by Gasteiger charge is 2.38. The molecule has 2 atom stereocenters. The fraction of sp³-hybridized carbons (Fsp3) is 0.700. The minimum atomic E-state index is -0.0281. The number of nitrogens with zero attached hydrogens (tertiary/aromatic N) is 4. The van der Waals surface area contributed by atoms with Gasteiger partial charge in [0.25, 0.3) is 5.91 Å². The van der Waals surface area contributed by atoms with Crippen LogP contribution in [0.1, 0.15) is 44.0 Å². The summed E-state index contributed by atoms with van der Waals surface area (Å²) in [6.07, 6.45) is 6.13. The first-order valence-corrected chi connectivity index (χ1v) is 9.57. The normalized spacial score (nSPS) is 23.8. The Kier molecular flexibility index (Phi) is 5.15. The molecule has 144 valence electrons. The van der Waals surface area contributed by atoms with E-state index in [-0.39, 0.29) is 23.4 Å². The second kappa shape index (κ2) is 7.06. The summed E-state index contributed by atoms with van der Waals surface area (Å²) in [6, 6.07) is 2.13. The fourth-order valence-corrected chi connectivity index (χ4v) is 4.00. The standard InChI is InChI=1S/C20H32N4O2/c1-20(2,3)23-9-8-16(12-23)19(26)24-11-15-6-7-17(24)13-22(10-15)14-18(25)21(4)5/h8-9,12,15,17H,6-7,10-11,13-14H2,1-5H3/t15-,17+/m1/s1. The molecule has 6 heteroatoms. The molecule has 4 rings (SSSR count). The van der Waals surface area contributed by atoms with E-state index in [1.807, 2.05) is 18.5 Å². The van der Waals surface area contributed by atoms with Gasteiger partial charge in [0, 0.05) is 57.7 Å². The first-order chi connectivity index (χ1) is 12.1. The van der Waals surface area contributed by atoms with Crippen LogP contribution in [-0.4, -0.2) is 77.4 Å². The van der Waals surface area contributed by atoms with Gasteiger partial charge in [0.2, 0.25) is 5.91 Å². The molecule has 2 amide bonds. The zero-order valence-corrected chi connectivity index (χ0v) is 16.7. The first kappa shape index (κ1) is 19.0. The van der Waals surface area contributed by atoms with E-state index >= 15 is 0 Å². The van der Waals surface area contributed by atoms with Gasteiger partial charge < -0.3 is 14.4 Å². The first-order valence-electron chi connectivity index (χ1n) is 9.57. The van der Waals surface area contributed by atoms with Crippen LogP contribution in [0.15, 0.2) is 18.5 Å². The van der Waals surface area contributed by atoms with Crippen LogP contribution in [-0.2, 0) is 10.3 Å². The van der Waals surface area contributed by atoms with Crippen molar-refractivity contribution >= 4 is 11.8 Å². The van der Waals surface area contributed by atoms with E-state index in [0.717, 1.165) is 38.0 Å². The number of carbonyl (C=O) groups is 2. The highest BCUT2D eigenvalue weighted by atomic mass is 16.2. The third-order valence-electron chi connectivity index (χ3n) is 5.62. The molecule has 1 aromatic heterocycles. The predicted molar refractivity (Wildman–Crippen MR) is 102 cm³/mol. The average Bonchev–Trinajstić information content (AvgIpc) is 2.91. The van der Waals surface area contributed by atoms with Gasteiger partial charge in [-0.1, -0.05) is 0 Å². The molecule has 0 spiro atoms. The fourth-order valence-electron chi connectivity index (χ4n) is 4.00. The minimum absolute atomic E-state index is 0.0281. The second-order valence-electron chi connectivity index (χ2n) is 9.02. The van der Waals surface area contributed by atoms with Crippen LogP contribution in [0.4, 0.5) is 0 Å². The van der Waals surface area contributed by atoms with E-state index in [0.29, 0.717) is 12.5 Å². The molecule has 0 unspecified atom stereocenters. The SMILES string of the molecule is CN(C)C(=O)CN1C[C@H]2CC[C@@H](C1)N(C(=O)c1ccn(C(C)(C)C)c1)C2. The lowest BCUT2D eigenvalue weighted by Gasteiger charge is -2.36. The van der Waals surface area contributed by atoms with Crippen LogP contribution < -0.4 is 0 Å². The number of likely N-dealkylation sites (N-methyl/N-ethyl adjacent to an activating group) is 1. The summed E-state index contributed by atoms with van der Waals surface area (Å²) in [5.74, 6) is 0.715. The van der Waals surface area contributed by atoms with E-state index < -0.39 is 0 Å². The van der Waals surface area contributed by atoms with E-state index in [4.69, 9.17) is 0 Å². The highest BCUT2D eigenvalue weighted by molar-refractivity contribution is 5.94. The van der Waals surface area contributed by atoms with Crippen molar-refractivity contribution in [2.24, 2.45) is 5.92 Å². The number of carbonyl (C=O) groups excluding carboxylic acids is 2. The van der Waals surface area contributed by atoms with Gasteiger partial charge in [-0.25, -0.2) is 0 Å². The van der Waals surface area contributed by atoms with Gasteiger partial charge in [-0.3, -0.25) is 14.5 Å². The smallest absolute Gasteiger partial charge is 0.255 e. The van der Waals surface area contributed by atoms with Gasteiger partial charge in [-0.05, 0) is 45.6 Å². The molecule has 26 heavy (non-hydrogen) atoms. The topological polar surface area (TPSA) is 48.8 Å². The van der Waals surface area contributed by atoms with Gasteiger partial charge in [0.15, 0.2) is 0 Å². The molecule has 2 bridgehead atoms. The zero-order chi connectivity index (χ0) is 19.1. The van der Waals surface area contributed by atoms with E-state index in [1.165, 1.54) is 0 Å². The Morgan fingerprint density at radius 1 is 1.15 bits per heavy atom. The number of rotatable bonds is 3. The summed E-state index contributed by atoms with van der Waals surface area (Å²) in [7, 11) is 3.59. The summed E-state index contributed by atoms with van der Waals surface area (Å²) >= 11 is 0. The Balaban J connectivity index is 1.73. The monoisotopic (exact) mass is 360 g/mol.